The minimum atomic E-state index is 0.459. The molecule has 6 heteroatoms. The van der Waals surface area contributed by atoms with E-state index in [2.05, 4.69) is 53.4 Å². The van der Waals surface area contributed by atoms with Crippen molar-refractivity contribution in [1.29, 1.82) is 0 Å². The molecule has 1 aliphatic rings. The van der Waals surface area contributed by atoms with Gasteiger partial charge in [0.2, 0.25) is 5.89 Å². The van der Waals surface area contributed by atoms with E-state index < -0.39 is 0 Å². The van der Waals surface area contributed by atoms with Crippen molar-refractivity contribution in [1.82, 2.24) is 15.1 Å². The SMILES string of the molecule is CCc1sc(-c2nnc(CN3CCc4sccc4C3CC)o2)cc1C. The third kappa shape index (κ3) is 3.18. The first-order chi connectivity index (χ1) is 12.2. The highest BCUT2D eigenvalue weighted by molar-refractivity contribution is 7.15. The van der Waals surface area contributed by atoms with E-state index in [0.29, 0.717) is 11.9 Å². The Hall–Kier alpha value is -1.50. The standard InChI is InChI=1S/C19H23N3OS2/c1-4-14-13-7-9-24-16(13)6-8-22(14)11-18-20-21-19(23-18)17-10-12(3)15(5-2)25-17/h7,9-10,14H,4-6,8,11H2,1-3H3. The maximum atomic E-state index is 6.00. The second kappa shape index (κ2) is 7.02. The lowest BCUT2D eigenvalue weighted by Gasteiger charge is -2.34. The Morgan fingerprint density at radius 1 is 1.32 bits per heavy atom. The molecule has 25 heavy (non-hydrogen) atoms. The Morgan fingerprint density at radius 2 is 2.20 bits per heavy atom. The zero-order valence-electron chi connectivity index (χ0n) is 14.9. The molecule has 0 N–H and O–H groups in total. The van der Waals surface area contributed by atoms with Gasteiger partial charge in [-0.15, -0.1) is 32.9 Å². The van der Waals surface area contributed by atoms with Gasteiger partial charge in [0.1, 0.15) is 0 Å². The summed E-state index contributed by atoms with van der Waals surface area (Å²) in [7, 11) is 0. The summed E-state index contributed by atoms with van der Waals surface area (Å²) in [6.45, 7) is 8.37. The van der Waals surface area contributed by atoms with Crippen LogP contribution in [-0.2, 0) is 19.4 Å². The van der Waals surface area contributed by atoms with E-state index in [4.69, 9.17) is 4.42 Å². The Bertz CT molecular complexity index is 864. The first kappa shape index (κ1) is 16.9. The van der Waals surface area contributed by atoms with E-state index in [9.17, 15) is 0 Å². The van der Waals surface area contributed by atoms with Crippen LogP contribution in [0.15, 0.2) is 21.9 Å². The lowest BCUT2D eigenvalue weighted by molar-refractivity contribution is 0.157. The van der Waals surface area contributed by atoms with Crippen molar-refractivity contribution in [2.24, 2.45) is 0 Å². The fourth-order valence-corrected chi connectivity index (χ4v) is 5.65. The number of hydrogen-bond acceptors (Lipinski definition) is 6. The lowest BCUT2D eigenvalue weighted by atomic mass is 9.98. The molecule has 0 bridgehead atoms. The van der Waals surface area contributed by atoms with E-state index in [1.165, 1.54) is 20.9 Å². The number of fused-ring (bicyclic) bond motifs is 1. The van der Waals surface area contributed by atoms with Crippen molar-refractivity contribution in [3.05, 3.63) is 44.3 Å². The van der Waals surface area contributed by atoms with Gasteiger partial charge in [0.15, 0.2) is 0 Å². The average Bonchev–Trinajstić information content (AvgIpc) is 3.33. The zero-order valence-corrected chi connectivity index (χ0v) is 16.5. The Balaban J connectivity index is 1.53. The largest absolute Gasteiger partial charge is 0.419 e. The molecule has 132 valence electrons. The first-order valence-corrected chi connectivity index (χ1v) is 10.6. The predicted molar refractivity (Wildman–Crippen MR) is 103 cm³/mol. The van der Waals surface area contributed by atoms with Crippen molar-refractivity contribution in [2.75, 3.05) is 6.54 Å². The van der Waals surface area contributed by atoms with E-state index in [1.807, 2.05) is 11.3 Å². The van der Waals surface area contributed by atoms with E-state index >= 15 is 0 Å². The quantitative estimate of drug-likeness (QED) is 0.613. The van der Waals surface area contributed by atoms with Crippen LogP contribution in [0.1, 0.15) is 53.1 Å². The summed E-state index contributed by atoms with van der Waals surface area (Å²) in [5.74, 6) is 1.38. The third-order valence-corrected chi connectivity index (χ3v) is 7.32. The first-order valence-electron chi connectivity index (χ1n) is 8.92. The Morgan fingerprint density at radius 3 is 2.96 bits per heavy atom. The van der Waals surface area contributed by atoms with Gasteiger partial charge in [0.25, 0.3) is 5.89 Å². The molecule has 0 saturated heterocycles. The van der Waals surface area contributed by atoms with Gasteiger partial charge in [0, 0.05) is 22.3 Å². The molecule has 4 rings (SSSR count). The summed E-state index contributed by atoms with van der Waals surface area (Å²) in [5.41, 5.74) is 2.80. The van der Waals surface area contributed by atoms with Gasteiger partial charge in [-0.25, -0.2) is 0 Å². The monoisotopic (exact) mass is 373 g/mol. The van der Waals surface area contributed by atoms with Crippen LogP contribution >= 0.6 is 22.7 Å². The van der Waals surface area contributed by atoms with Crippen molar-refractivity contribution in [3.63, 3.8) is 0 Å². The highest BCUT2D eigenvalue weighted by Gasteiger charge is 2.28. The Labute approximate surface area is 156 Å². The topological polar surface area (TPSA) is 42.2 Å². The normalized spacial score (nSPS) is 17.8. The van der Waals surface area contributed by atoms with Crippen molar-refractivity contribution < 1.29 is 4.42 Å². The maximum absolute atomic E-state index is 6.00. The third-order valence-electron chi connectivity index (χ3n) is 4.95. The van der Waals surface area contributed by atoms with E-state index in [0.717, 1.165) is 43.1 Å². The molecule has 0 spiro atoms. The number of aromatic nitrogens is 2. The fraction of sp³-hybridized carbons (Fsp3) is 0.474. The minimum Gasteiger partial charge on any atom is -0.419 e. The summed E-state index contributed by atoms with van der Waals surface area (Å²) in [6, 6.07) is 4.90. The van der Waals surface area contributed by atoms with Gasteiger partial charge in [-0.05, 0) is 54.8 Å². The zero-order chi connectivity index (χ0) is 17.4. The Kier molecular flexibility index (Phi) is 4.75. The summed E-state index contributed by atoms with van der Waals surface area (Å²) >= 11 is 3.64. The second-order valence-corrected chi connectivity index (χ2v) is 8.65. The smallest absolute Gasteiger partial charge is 0.257 e. The predicted octanol–water partition coefficient (Wildman–Crippen LogP) is 5.24. The van der Waals surface area contributed by atoms with Gasteiger partial charge in [-0.2, -0.15) is 0 Å². The number of hydrogen-bond donors (Lipinski definition) is 0. The van der Waals surface area contributed by atoms with E-state index in [-0.39, 0.29) is 0 Å². The molecule has 4 nitrogen and oxygen atoms in total. The molecule has 4 heterocycles. The highest BCUT2D eigenvalue weighted by Crippen LogP contribution is 2.36. The highest BCUT2D eigenvalue weighted by atomic mass is 32.1. The molecular formula is C19H23N3OS2. The van der Waals surface area contributed by atoms with Gasteiger partial charge < -0.3 is 4.42 Å². The molecule has 1 unspecified atom stereocenters. The number of nitrogens with zero attached hydrogens (tertiary/aromatic N) is 3. The van der Waals surface area contributed by atoms with Gasteiger partial charge in [0.05, 0.1) is 11.4 Å². The van der Waals surface area contributed by atoms with Crippen LogP contribution in [0.5, 0.6) is 0 Å². The molecule has 0 aromatic carbocycles. The van der Waals surface area contributed by atoms with E-state index in [1.54, 1.807) is 11.3 Å². The molecule has 0 fully saturated rings. The van der Waals surface area contributed by atoms with Gasteiger partial charge in [-0.1, -0.05) is 13.8 Å². The molecule has 3 aromatic rings. The lowest BCUT2D eigenvalue weighted by Crippen LogP contribution is -2.34. The van der Waals surface area contributed by atoms with Crippen molar-refractivity contribution in [3.8, 4) is 10.8 Å². The minimum absolute atomic E-state index is 0.459. The molecule has 0 amide bonds. The summed E-state index contributed by atoms with van der Waals surface area (Å²) in [4.78, 5) is 6.49. The maximum Gasteiger partial charge on any atom is 0.257 e. The van der Waals surface area contributed by atoms with Crippen LogP contribution < -0.4 is 0 Å². The number of rotatable bonds is 5. The van der Waals surface area contributed by atoms with Crippen LogP contribution in [0.2, 0.25) is 0 Å². The second-order valence-electron chi connectivity index (χ2n) is 6.51. The van der Waals surface area contributed by atoms with Crippen molar-refractivity contribution in [2.45, 2.75) is 52.6 Å². The fourth-order valence-electron chi connectivity index (χ4n) is 3.68. The van der Waals surface area contributed by atoms with Crippen LogP contribution in [-0.4, -0.2) is 21.6 Å². The summed E-state index contributed by atoms with van der Waals surface area (Å²) in [5, 5.41) is 10.8. The van der Waals surface area contributed by atoms with Crippen LogP contribution in [0.3, 0.4) is 0 Å². The van der Waals surface area contributed by atoms with Crippen LogP contribution in [0.4, 0.5) is 0 Å². The molecule has 1 aliphatic heterocycles. The van der Waals surface area contributed by atoms with Gasteiger partial charge >= 0.3 is 0 Å². The van der Waals surface area contributed by atoms with Crippen LogP contribution in [0.25, 0.3) is 10.8 Å². The number of thiophene rings is 2. The summed E-state index contributed by atoms with van der Waals surface area (Å²) in [6.07, 6.45) is 3.27. The number of aryl methyl sites for hydroxylation is 2. The molecule has 0 saturated carbocycles. The van der Waals surface area contributed by atoms with Crippen molar-refractivity contribution >= 4 is 22.7 Å². The van der Waals surface area contributed by atoms with Gasteiger partial charge in [-0.3, -0.25) is 4.90 Å². The molecule has 3 aromatic heterocycles. The molecular weight excluding hydrogens is 350 g/mol. The molecule has 0 radical (unpaired) electrons. The summed E-state index contributed by atoms with van der Waals surface area (Å²) < 4.78 is 6.00. The molecule has 0 aliphatic carbocycles. The molecule has 1 atom stereocenters. The average molecular weight is 374 g/mol. The van der Waals surface area contributed by atoms with Crippen LogP contribution in [0, 0.1) is 6.92 Å².